The molecule has 20 heavy (non-hydrogen) atoms. The molecule has 0 bridgehead atoms. The molecule has 0 aliphatic rings. The van der Waals surface area contributed by atoms with Gasteiger partial charge < -0.3 is 5.11 Å². The fraction of sp³-hybridized carbons (Fsp3) is 0.143. The number of halogens is 1. The summed E-state index contributed by atoms with van der Waals surface area (Å²) >= 11 is 7.31. The number of carboxylic acids is 1. The quantitative estimate of drug-likeness (QED) is 0.941. The van der Waals surface area contributed by atoms with Crippen LogP contribution in [0.25, 0.3) is 0 Å². The molecule has 0 atom stereocenters. The van der Waals surface area contributed by atoms with E-state index in [0.29, 0.717) is 15.6 Å². The lowest BCUT2D eigenvalue weighted by Crippen LogP contribution is -2.35. The predicted molar refractivity (Wildman–Crippen MR) is 79.8 cm³/mol. The number of rotatable bonds is 4. The van der Waals surface area contributed by atoms with E-state index < -0.39 is 18.4 Å². The van der Waals surface area contributed by atoms with Gasteiger partial charge in [-0.3, -0.25) is 14.5 Å². The van der Waals surface area contributed by atoms with E-state index in [-0.39, 0.29) is 0 Å². The Balaban J connectivity index is 2.39. The number of aryl methyl sites for hydroxylation is 1. The summed E-state index contributed by atoms with van der Waals surface area (Å²) in [5.41, 5.74) is 1.34. The summed E-state index contributed by atoms with van der Waals surface area (Å²) in [4.78, 5) is 25.1. The van der Waals surface area contributed by atoms with Crippen molar-refractivity contribution in [1.29, 1.82) is 0 Å². The minimum atomic E-state index is -1.08. The number of benzene rings is 1. The number of carbonyl (C=O) groups excluding carboxylic acids is 1. The lowest BCUT2D eigenvalue weighted by molar-refractivity contribution is -0.135. The maximum Gasteiger partial charge on any atom is 0.323 e. The summed E-state index contributed by atoms with van der Waals surface area (Å²) in [6.07, 6.45) is 0. The van der Waals surface area contributed by atoms with Gasteiger partial charge >= 0.3 is 5.97 Å². The molecule has 4 nitrogen and oxygen atoms in total. The molecule has 0 radical (unpaired) electrons. The van der Waals surface area contributed by atoms with Crippen molar-refractivity contribution in [1.82, 2.24) is 0 Å². The van der Waals surface area contributed by atoms with Crippen LogP contribution in [0.1, 0.15) is 15.2 Å². The normalized spacial score (nSPS) is 10.3. The van der Waals surface area contributed by atoms with Crippen LogP contribution in [-0.2, 0) is 4.79 Å². The molecule has 6 heteroatoms. The van der Waals surface area contributed by atoms with E-state index in [1.165, 1.54) is 16.2 Å². The summed E-state index contributed by atoms with van der Waals surface area (Å²) in [5.74, 6) is -1.48. The van der Waals surface area contributed by atoms with Crippen LogP contribution < -0.4 is 4.90 Å². The van der Waals surface area contributed by atoms with Gasteiger partial charge in [0.2, 0.25) is 0 Å². The largest absolute Gasteiger partial charge is 0.480 e. The third kappa shape index (κ3) is 3.00. The SMILES string of the molecule is Cc1csc(C(=O)N(CC(=O)O)c2ccccc2)c1Cl. The monoisotopic (exact) mass is 309 g/mol. The van der Waals surface area contributed by atoms with Crippen LogP contribution in [0.4, 0.5) is 5.69 Å². The van der Waals surface area contributed by atoms with E-state index in [1.807, 2.05) is 0 Å². The standard InChI is InChI=1S/C14H12ClNO3S/c1-9-8-20-13(12(9)15)14(19)16(7-11(17)18)10-5-3-2-4-6-10/h2-6,8H,7H2,1H3,(H,17,18). The number of hydrogen-bond acceptors (Lipinski definition) is 3. The van der Waals surface area contributed by atoms with Gasteiger partial charge in [-0.15, -0.1) is 11.3 Å². The molecule has 104 valence electrons. The Hall–Kier alpha value is -1.85. The number of amides is 1. The Morgan fingerprint density at radius 1 is 1.30 bits per heavy atom. The lowest BCUT2D eigenvalue weighted by Gasteiger charge is -2.20. The third-order valence-electron chi connectivity index (χ3n) is 2.70. The highest BCUT2D eigenvalue weighted by molar-refractivity contribution is 7.13. The van der Waals surface area contributed by atoms with Crippen LogP contribution in [0.5, 0.6) is 0 Å². The molecule has 0 saturated heterocycles. The second kappa shape index (κ2) is 6.07. The van der Waals surface area contributed by atoms with Crippen molar-refractivity contribution in [3.8, 4) is 0 Å². The van der Waals surface area contributed by atoms with E-state index in [9.17, 15) is 9.59 Å². The van der Waals surface area contributed by atoms with Crippen LogP contribution in [0, 0.1) is 6.92 Å². The van der Waals surface area contributed by atoms with E-state index >= 15 is 0 Å². The Morgan fingerprint density at radius 3 is 2.45 bits per heavy atom. The number of nitrogens with zero attached hydrogens (tertiary/aromatic N) is 1. The first-order valence-electron chi connectivity index (χ1n) is 5.83. The Bertz CT molecular complexity index is 639. The average molecular weight is 310 g/mol. The van der Waals surface area contributed by atoms with Crippen molar-refractivity contribution in [2.75, 3.05) is 11.4 Å². The first-order chi connectivity index (χ1) is 9.50. The van der Waals surface area contributed by atoms with Gasteiger partial charge in [0, 0.05) is 5.69 Å². The van der Waals surface area contributed by atoms with Gasteiger partial charge in [0.05, 0.1) is 5.02 Å². The maximum absolute atomic E-state index is 12.5. The van der Waals surface area contributed by atoms with Gasteiger partial charge in [-0.1, -0.05) is 29.8 Å². The molecule has 1 heterocycles. The predicted octanol–water partition coefficient (Wildman–Crippen LogP) is 3.44. The molecule has 0 aliphatic heterocycles. The first kappa shape index (κ1) is 14.6. The molecule has 0 spiro atoms. The number of carbonyl (C=O) groups is 2. The highest BCUT2D eigenvalue weighted by Crippen LogP contribution is 2.29. The van der Waals surface area contributed by atoms with E-state index in [2.05, 4.69) is 0 Å². The molecular weight excluding hydrogens is 298 g/mol. The molecular formula is C14H12ClNO3S. The van der Waals surface area contributed by atoms with Crippen LogP contribution in [0.2, 0.25) is 5.02 Å². The molecule has 0 saturated carbocycles. The summed E-state index contributed by atoms with van der Waals surface area (Å²) in [6, 6.07) is 8.68. The van der Waals surface area contributed by atoms with E-state index in [0.717, 1.165) is 5.56 Å². The lowest BCUT2D eigenvalue weighted by atomic mass is 10.2. The topological polar surface area (TPSA) is 57.6 Å². The van der Waals surface area contributed by atoms with Crippen molar-refractivity contribution >= 4 is 40.5 Å². The van der Waals surface area contributed by atoms with Crippen LogP contribution >= 0.6 is 22.9 Å². The van der Waals surface area contributed by atoms with Crippen molar-refractivity contribution in [2.45, 2.75) is 6.92 Å². The molecule has 1 N–H and O–H groups in total. The summed E-state index contributed by atoms with van der Waals surface area (Å²) in [5, 5.41) is 11.2. The Kier molecular flexibility index (Phi) is 4.42. The van der Waals surface area contributed by atoms with Crippen LogP contribution in [0.15, 0.2) is 35.7 Å². The zero-order valence-corrected chi connectivity index (χ0v) is 12.2. The van der Waals surface area contributed by atoms with Crippen molar-refractivity contribution < 1.29 is 14.7 Å². The third-order valence-corrected chi connectivity index (χ3v) is 4.38. The number of anilines is 1. The minimum Gasteiger partial charge on any atom is -0.480 e. The Labute approximate surface area is 125 Å². The molecule has 1 aromatic carbocycles. The van der Waals surface area contributed by atoms with E-state index in [1.54, 1.807) is 42.6 Å². The number of thiophene rings is 1. The zero-order chi connectivity index (χ0) is 14.7. The first-order valence-corrected chi connectivity index (χ1v) is 7.08. The summed E-state index contributed by atoms with van der Waals surface area (Å²) < 4.78 is 0. The van der Waals surface area contributed by atoms with E-state index in [4.69, 9.17) is 16.7 Å². The smallest absolute Gasteiger partial charge is 0.323 e. The van der Waals surface area contributed by atoms with Gasteiger partial charge in [-0.2, -0.15) is 0 Å². The van der Waals surface area contributed by atoms with Crippen molar-refractivity contribution in [3.05, 3.63) is 51.2 Å². The van der Waals surface area contributed by atoms with Crippen LogP contribution in [0.3, 0.4) is 0 Å². The molecule has 2 rings (SSSR count). The minimum absolute atomic E-state index is 0.356. The summed E-state index contributed by atoms with van der Waals surface area (Å²) in [7, 11) is 0. The molecule has 0 fully saturated rings. The number of para-hydroxylation sites is 1. The Morgan fingerprint density at radius 2 is 1.95 bits per heavy atom. The molecule has 1 amide bonds. The fourth-order valence-electron chi connectivity index (χ4n) is 1.72. The average Bonchev–Trinajstić information content (AvgIpc) is 2.76. The highest BCUT2D eigenvalue weighted by atomic mass is 35.5. The number of carboxylic acid groups (broad SMARTS) is 1. The van der Waals surface area contributed by atoms with Crippen molar-refractivity contribution in [3.63, 3.8) is 0 Å². The fourth-order valence-corrected chi connectivity index (χ4v) is 2.94. The zero-order valence-electron chi connectivity index (χ0n) is 10.7. The number of aliphatic carboxylic acids is 1. The van der Waals surface area contributed by atoms with Gasteiger partial charge in [0.15, 0.2) is 0 Å². The van der Waals surface area contributed by atoms with Gasteiger partial charge in [0.25, 0.3) is 5.91 Å². The molecule has 1 aromatic heterocycles. The second-order valence-electron chi connectivity index (χ2n) is 4.18. The second-order valence-corrected chi connectivity index (χ2v) is 5.44. The molecule has 2 aromatic rings. The van der Waals surface area contributed by atoms with Gasteiger partial charge in [0.1, 0.15) is 11.4 Å². The molecule has 0 unspecified atom stereocenters. The van der Waals surface area contributed by atoms with Gasteiger partial charge in [-0.25, -0.2) is 0 Å². The van der Waals surface area contributed by atoms with Crippen molar-refractivity contribution in [2.24, 2.45) is 0 Å². The molecule has 0 aliphatic carbocycles. The number of hydrogen-bond donors (Lipinski definition) is 1. The maximum atomic E-state index is 12.5. The van der Waals surface area contributed by atoms with Crippen LogP contribution in [-0.4, -0.2) is 23.5 Å². The summed E-state index contributed by atoms with van der Waals surface area (Å²) in [6.45, 7) is 1.40. The highest BCUT2D eigenvalue weighted by Gasteiger charge is 2.24. The van der Waals surface area contributed by atoms with Gasteiger partial charge in [-0.05, 0) is 30.0 Å².